The predicted molar refractivity (Wildman–Crippen MR) is 93.1 cm³/mol. The van der Waals surface area contributed by atoms with E-state index < -0.39 is 5.97 Å². The van der Waals surface area contributed by atoms with Gasteiger partial charge in [-0.25, -0.2) is 4.79 Å². The molecule has 0 aliphatic heterocycles. The second-order valence-electron chi connectivity index (χ2n) is 4.28. The molecule has 23 heavy (non-hydrogen) atoms. The van der Waals surface area contributed by atoms with E-state index in [9.17, 15) is 4.79 Å². The zero-order valence-corrected chi connectivity index (χ0v) is 14.6. The molecular formula is C16H10Cl4O3. The summed E-state index contributed by atoms with van der Waals surface area (Å²) in [5.74, 6) is -0.0472. The van der Waals surface area contributed by atoms with Gasteiger partial charge in [-0.1, -0.05) is 64.6 Å². The third kappa shape index (κ3) is 5.33. The molecule has 120 valence electrons. The van der Waals surface area contributed by atoms with Gasteiger partial charge in [-0.05, 0) is 18.2 Å². The van der Waals surface area contributed by atoms with Crippen molar-refractivity contribution in [2.75, 3.05) is 6.61 Å². The summed E-state index contributed by atoms with van der Waals surface area (Å²) in [6, 6.07) is 11.5. The average Bonchev–Trinajstić information content (AvgIpc) is 2.50. The molecule has 0 atom stereocenters. The standard InChI is InChI=1S/C16H10Cl4O3/c17-12-8-11(23-16(21)10-4-2-1-3-5-10)9-13(18)15(12)22-7-6-14(19)20/h1-6,8-9H,7H2. The van der Waals surface area contributed by atoms with E-state index in [1.165, 1.54) is 18.2 Å². The maximum absolute atomic E-state index is 12.0. The molecule has 0 spiro atoms. The lowest BCUT2D eigenvalue weighted by Gasteiger charge is -2.11. The average molecular weight is 392 g/mol. The van der Waals surface area contributed by atoms with Crippen LogP contribution in [0, 0.1) is 0 Å². The zero-order chi connectivity index (χ0) is 16.8. The normalized spacial score (nSPS) is 10.1. The van der Waals surface area contributed by atoms with Crippen LogP contribution in [0.15, 0.2) is 53.0 Å². The molecule has 0 aromatic heterocycles. The van der Waals surface area contributed by atoms with Gasteiger partial charge in [-0.2, -0.15) is 0 Å². The Morgan fingerprint density at radius 3 is 2.22 bits per heavy atom. The first-order valence-electron chi connectivity index (χ1n) is 6.37. The first kappa shape index (κ1) is 18.0. The molecule has 0 aliphatic rings. The van der Waals surface area contributed by atoms with Crippen LogP contribution in [0.5, 0.6) is 11.5 Å². The van der Waals surface area contributed by atoms with Crippen molar-refractivity contribution in [1.29, 1.82) is 0 Å². The lowest BCUT2D eigenvalue weighted by Crippen LogP contribution is -2.08. The van der Waals surface area contributed by atoms with Crippen molar-refractivity contribution in [2.45, 2.75) is 0 Å². The molecule has 0 N–H and O–H groups in total. The van der Waals surface area contributed by atoms with Crippen LogP contribution in [-0.2, 0) is 0 Å². The number of halogens is 4. The first-order chi connectivity index (χ1) is 11.0. The van der Waals surface area contributed by atoms with Gasteiger partial charge in [-0.15, -0.1) is 0 Å². The van der Waals surface area contributed by atoms with Crippen LogP contribution in [0.25, 0.3) is 0 Å². The zero-order valence-electron chi connectivity index (χ0n) is 11.6. The molecule has 0 bridgehead atoms. The summed E-state index contributed by atoms with van der Waals surface area (Å²) in [5.41, 5.74) is 0.418. The fourth-order valence-electron chi connectivity index (χ4n) is 1.66. The highest BCUT2D eigenvalue weighted by Gasteiger charge is 2.14. The Morgan fingerprint density at radius 1 is 1.04 bits per heavy atom. The highest BCUT2D eigenvalue weighted by atomic mass is 35.5. The maximum Gasteiger partial charge on any atom is 0.343 e. The minimum absolute atomic E-state index is 0.0747. The van der Waals surface area contributed by atoms with E-state index in [1.54, 1.807) is 30.3 Å². The van der Waals surface area contributed by atoms with Crippen LogP contribution in [0.4, 0.5) is 0 Å². The van der Waals surface area contributed by atoms with Crippen molar-refractivity contribution in [1.82, 2.24) is 0 Å². The van der Waals surface area contributed by atoms with Crippen LogP contribution >= 0.6 is 46.4 Å². The van der Waals surface area contributed by atoms with Gasteiger partial charge in [0.2, 0.25) is 0 Å². The molecular weight excluding hydrogens is 382 g/mol. The van der Waals surface area contributed by atoms with Crippen molar-refractivity contribution in [3.63, 3.8) is 0 Å². The fraction of sp³-hybridized carbons (Fsp3) is 0.0625. The van der Waals surface area contributed by atoms with Crippen molar-refractivity contribution in [3.8, 4) is 11.5 Å². The van der Waals surface area contributed by atoms with Gasteiger partial charge in [0.1, 0.15) is 16.8 Å². The SMILES string of the molecule is O=C(Oc1cc(Cl)c(OCC=C(Cl)Cl)c(Cl)c1)c1ccccc1. The summed E-state index contributed by atoms with van der Waals surface area (Å²) < 4.78 is 10.7. The van der Waals surface area contributed by atoms with Crippen LogP contribution in [0.2, 0.25) is 10.0 Å². The van der Waals surface area contributed by atoms with Crippen molar-refractivity contribution in [2.24, 2.45) is 0 Å². The van der Waals surface area contributed by atoms with E-state index in [0.717, 1.165) is 0 Å². The molecule has 0 unspecified atom stereocenters. The number of rotatable bonds is 5. The van der Waals surface area contributed by atoms with Gasteiger partial charge in [0.15, 0.2) is 5.75 Å². The van der Waals surface area contributed by atoms with E-state index in [-0.39, 0.29) is 32.6 Å². The van der Waals surface area contributed by atoms with Gasteiger partial charge >= 0.3 is 5.97 Å². The molecule has 0 fully saturated rings. The molecule has 0 radical (unpaired) electrons. The highest BCUT2D eigenvalue weighted by Crippen LogP contribution is 2.37. The Morgan fingerprint density at radius 2 is 1.65 bits per heavy atom. The Kier molecular flexibility index (Phi) is 6.60. The summed E-state index contributed by atoms with van der Waals surface area (Å²) in [4.78, 5) is 12.0. The number of hydrogen-bond donors (Lipinski definition) is 0. The van der Waals surface area contributed by atoms with E-state index in [2.05, 4.69) is 0 Å². The summed E-state index contributed by atoms with van der Waals surface area (Å²) in [5, 5.41) is 0.403. The molecule has 0 amide bonds. The molecule has 3 nitrogen and oxygen atoms in total. The Bertz CT molecular complexity index is 702. The number of ether oxygens (including phenoxy) is 2. The second kappa shape index (κ2) is 8.46. The summed E-state index contributed by atoms with van der Waals surface area (Å²) in [7, 11) is 0. The van der Waals surface area contributed by atoms with Gasteiger partial charge in [0, 0.05) is 12.1 Å². The number of carbonyl (C=O) groups excluding carboxylic acids is 1. The molecule has 0 saturated heterocycles. The van der Waals surface area contributed by atoms with Crippen molar-refractivity contribution >= 4 is 52.4 Å². The monoisotopic (exact) mass is 390 g/mol. The van der Waals surface area contributed by atoms with Gasteiger partial charge in [-0.3, -0.25) is 0 Å². The van der Waals surface area contributed by atoms with Crippen LogP contribution in [0.1, 0.15) is 10.4 Å². The Balaban J connectivity index is 2.13. The molecule has 0 saturated carbocycles. The third-order valence-electron chi connectivity index (χ3n) is 2.66. The Hall–Kier alpha value is -1.39. The predicted octanol–water partition coefficient (Wildman–Crippen LogP) is 5.91. The first-order valence-corrected chi connectivity index (χ1v) is 7.89. The fourth-order valence-corrected chi connectivity index (χ4v) is 2.36. The lowest BCUT2D eigenvalue weighted by molar-refractivity contribution is 0.0734. The number of carbonyl (C=O) groups is 1. The number of esters is 1. The number of hydrogen-bond acceptors (Lipinski definition) is 3. The van der Waals surface area contributed by atoms with E-state index in [0.29, 0.717) is 5.56 Å². The minimum Gasteiger partial charge on any atom is -0.486 e. The van der Waals surface area contributed by atoms with Gasteiger partial charge < -0.3 is 9.47 Å². The lowest BCUT2D eigenvalue weighted by atomic mass is 10.2. The van der Waals surface area contributed by atoms with Crippen molar-refractivity contribution < 1.29 is 14.3 Å². The molecule has 2 aromatic rings. The van der Waals surface area contributed by atoms with Crippen LogP contribution < -0.4 is 9.47 Å². The molecule has 2 rings (SSSR count). The second-order valence-corrected chi connectivity index (χ2v) is 6.10. The topological polar surface area (TPSA) is 35.5 Å². The molecule has 0 aliphatic carbocycles. The van der Waals surface area contributed by atoms with Crippen molar-refractivity contribution in [3.05, 3.63) is 68.6 Å². The van der Waals surface area contributed by atoms with E-state index in [4.69, 9.17) is 55.9 Å². The summed E-state index contributed by atoms with van der Waals surface area (Å²) in [6.45, 7) is 0.102. The largest absolute Gasteiger partial charge is 0.486 e. The smallest absolute Gasteiger partial charge is 0.343 e. The summed E-state index contributed by atoms with van der Waals surface area (Å²) >= 11 is 23.2. The molecule has 0 heterocycles. The third-order valence-corrected chi connectivity index (χ3v) is 3.53. The van der Waals surface area contributed by atoms with Gasteiger partial charge in [0.05, 0.1) is 15.6 Å². The van der Waals surface area contributed by atoms with E-state index >= 15 is 0 Å². The van der Waals surface area contributed by atoms with Crippen LogP contribution in [0.3, 0.4) is 0 Å². The quantitative estimate of drug-likeness (QED) is 0.469. The van der Waals surface area contributed by atoms with Crippen LogP contribution in [-0.4, -0.2) is 12.6 Å². The Labute approximate surface area is 153 Å². The van der Waals surface area contributed by atoms with Gasteiger partial charge in [0.25, 0.3) is 0 Å². The highest BCUT2D eigenvalue weighted by molar-refractivity contribution is 6.55. The number of benzene rings is 2. The molecule has 2 aromatic carbocycles. The summed E-state index contributed by atoms with van der Waals surface area (Å²) in [6.07, 6.45) is 1.44. The minimum atomic E-state index is -0.511. The molecule has 7 heteroatoms. The van der Waals surface area contributed by atoms with E-state index in [1.807, 2.05) is 0 Å². The maximum atomic E-state index is 12.0.